The number of thiazole rings is 1. The summed E-state index contributed by atoms with van der Waals surface area (Å²) >= 11 is 1.66. The zero-order valence-corrected chi connectivity index (χ0v) is 13.5. The average molecular weight is 305 g/mol. The first-order valence-corrected chi connectivity index (χ1v) is 9.27. The lowest BCUT2D eigenvalue weighted by Gasteiger charge is -2.16. The molecule has 0 amide bonds. The van der Waals surface area contributed by atoms with E-state index in [4.69, 9.17) is 0 Å². The Morgan fingerprint density at radius 3 is 2.58 bits per heavy atom. The van der Waals surface area contributed by atoms with Crippen molar-refractivity contribution in [2.45, 2.75) is 27.3 Å². The number of nitrogens with one attached hydrogen (secondary N) is 1. The molecule has 1 rings (SSSR count). The van der Waals surface area contributed by atoms with Crippen molar-refractivity contribution < 1.29 is 8.42 Å². The maximum absolute atomic E-state index is 11.3. The fourth-order valence-electron chi connectivity index (χ4n) is 1.60. The fraction of sp³-hybridized carbons (Fsp3) is 0.750. The van der Waals surface area contributed by atoms with Crippen LogP contribution in [0.1, 0.15) is 25.6 Å². The Morgan fingerprint density at radius 1 is 1.32 bits per heavy atom. The minimum Gasteiger partial charge on any atom is -0.349 e. The molecule has 0 saturated carbocycles. The van der Waals surface area contributed by atoms with Crippen molar-refractivity contribution in [1.29, 1.82) is 0 Å². The molecule has 0 bridgehead atoms. The molecule has 7 heteroatoms. The summed E-state index contributed by atoms with van der Waals surface area (Å²) in [6, 6.07) is 0. The van der Waals surface area contributed by atoms with E-state index >= 15 is 0 Å². The van der Waals surface area contributed by atoms with Crippen LogP contribution in [0.25, 0.3) is 0 Å². The highest BCUT2D eigenvalue weighted by molar-refractivity contribution is 7.91. The average Bonchev–Trinajstić information content (AvgIpc) is 2.85. The smallest absolute Gasteiger partial charge is 0.185 e. The molecule has 0 unspecified atom stereocenters. The highest BCUT2D eigenvalue weighted by atomic mass is 32.2. The molecule has 1 aromatic rings. The van der Waals surface area contributed by atoms with E-state index in [9.17, 15) is 8.42 Å². The van der Waals surface area contributed by atoms with Crippen LogP contribution < -0.4 is 10.2 Å². The molecule has 1 N–H and O–H groups in total. The van der Waals surface area contributed by atoms with Crippen LogP contribution in [-0.2, 0) is 16.4 Å². The van der Waals surface area contributed by atoms with Gasteiger partial charge in [0.25, 0.3) is 0 Å². The molecule has 0 radical (unpaired) electrons. The Morgan fingerprint density at radius 2 is 2.00 bits per heavy atom. The zero-order chi connectivity index (χ0) is 14.3. The van der Waals surface area contributed by atoms with Crippen LogP contribution in [0.5, 0.6) is 0 Å². The molecule has 5 nitrogen and oxygen atoms in total. The first kappa shape index (κ1) is 16.4. The van der Waals surface area contributed by atoms with Crippen LogP contribution in [0, 0.1) is 0 Å². The van der Waals surface area contributed by atoms with E-state index in [1.54, 1.807) is 18.3 Å². The Bertz CT molecular complexity index is 467. The van der Waals surface area contributed by atoms with Gasteiger partial charge < -0.3 is 10.2 Å². The Balaban J connectivity index is 2.39. The summed E-state index contributed by atoms with van der Waals surface area (Å²) in [5, 5.41) is 4.18. The molecule has 0 aliphatic rings. The molecule has 0 saturated heterocycles. The summed E-state index contributed by atoms with van der Waals surface area (Å²) in [4.78, 5) is 7.73. The van der Waals surface area contributed by atoms with E-state index in [2.05, 4.69) is 29.0 Å². The number of aromatic nitrogens is 1. The quantitative estimate of drug-likeness (QED) is 0.701. The van der Waals surface area contributed by atoms with Crippen molar-refractivity contribution in [3.63, 3.8) is 0 Å². The minimum atomic E-state index is -2.87. The van der Waals surface area contributed by atoms with Crippen LogP contribution in [0.15, 0.2) is 6.20 Å². The van der Waals surface area contributed by atoms with Gasteiger partial charge in [0.2, 0.25) is 0 Å². The normalized spacial score (nSPS) is 11.7. The van der Waals surface area contributed by atoms with Crippen molar-refractivity contribution in [3.05, 3.63) is 11.1 Å². The van der Waals surface area contributed by atoms with Crippen LogP contribution in [0.4, 0.5) is 5.13 Å². The number of hydrogen-bond acceptors (Lipinski definition) is 6. The summed E-state index contributed by atoms with van der Waals surface area (Å²) < 4.78 is 22.7. The summed E-state index contributed by atoms with van der Waals surface area (Å²) in [5.74, 6) is 0.409. The molecule has 0 aliphatic heterocycles. The van der Waals surface area contributed by atoms with E-state index in [0.29, 0.717) is 13.1 Å². The second-order valence-corrected chi connectivity index (χ2v) is 7.76. The predicted molar refractivity (Wildman–Crippen MR) is 81.7 cm³/mol. The van der Waals surface area contributed by atoms with E-state index in [0.717, 1.165) is 23.1 Å². The molecule has 0 fully saturated rings. The van der Waals surface area contributed by atoms with Gasteiger partial charge in [0.05, 0.1) is 5.75 Å². The topological polar surface area (TPSA) is 62.3 Å². The first-order valence-electron chi connectivity index (χ1n) is 6.63. The molecule has 19 heavy (non-hydrogen) atoms. The maximum atomic E-state index is 11.3. The van der Waals surface area contributed by atoms with Gasteiger partial charge >= 0.3 is 0 Å². The zero-order valence-electron chi connectivity index (χ0n) is 11.8. The predicted octanol–water partition coefficient (Wildman–Crippen LogP) is 1.51. The number of anilines is 1. The second kappa shape index (κ2) is 7.81. The summed E-state index contributed by atoms with van der Waals surface area (Å²) in [6.45, 7) is 8.97. The van der Waals surface area contributed by atoms with Crippen LogP contribution >= 0.6 is 11.3 Å². The van der Waals surface area contributed by atoms with Gasteiger partial charge in [0.15, 0.2) is 15.0 Å². The van der Waals surface area contributed by atoms with E-state index in [1.807, 2.05) is 6.20 Å². The maximum Gasteiger partial charge on any atom is 0.185 e. The highest BCUT2D eigenvalue weighted by Crippen LogP contribution is 2.21. The third kappa shape index (κ3) is 5.46. The van der Waals surface area contributed by atoms with Gasteiger partial charge in [-0.25, -0.2) is 13.4 Å². The van der Waals surface area contributed by atoms with Crippen molar-refractivity contribution in [2.24, 2.45) is 0 Å². The molecule has 0 spiro atoms. The lowest BCUT2D eigenvalue weighted by atomic mass is 10.5. The molecule has 0 aliphatic carbocycles. The van der Waals surface area contributed by atoms with E-state index in [1.165, 1.54) is 0 Å². The fourth-order valence-corrected chi connectivity index (χ4v) is 3.35. The summed E-state index contributed by atoms with van der Waals surface area (Å²) in [5.41, 5.74) is 0. The van der Waals surface area contributed by atoms with Crippen molar-refractivity contribution >= 4 is 26.3 Å². The number of nitrogens with zero attached hydrogens (tertiary/aromatic N) is 2. The number of sulfone groups is 1. The molecule has 110 valence electrons. The summed E-state index contributed by atoms with van der Waals surface area (Å²) in [6.07, 6.45) is 1.86. The van der Waals surface area contributed by atoms with Gasteiger partial charge in [0, 0.05) is 43.0 Å². The molecule has 0 atom stereocenters. The van der Waals surface area contributed by atoms with Crippen molar-refractivity contribution in [3.8, 4) is 0 Å². The summed E-state index contributed by atoms with van der Waals surface area (Å²) in [7, 11) is -2.87. The molecular formula is C12H23N3O2S2. The Hall–Kier alpha value is -0.660. The molecule has 0 aromatic carbocycles. The minimum absolute atomic E-state index is 0.200. The van der Waals surface area contributed by atoms with E-state index in [-0.39, 0.29) is 11.5 Å². The van der Waals surface area contributed by atoms with Gasteiger partial charge in [-0.15, -0.1) is 11.3 Å². The van der Waals surface area contributed by atoms with Crippen LogP contribution in [0.2, 0.25) is 0 Å². The Labute approximate surface area is 120 Å². The third-order valence-corrected chi connectivity index (χ3v) is 5.67. The lowest BCUT2D eigenvalue weighted by Crippen LogP contribution is -2.23. The third-order valence-electron chi connectivity index (χ3n) is 2.90. The first-order chi connectivity index (χ1) is 9.02. The molecular weight excluding hydrogens is 282 g/mol. The monoisotopic (exact) mass is 305 g/mol. The van der Waals surface area contributed by atoms with Gasteiger partial charge in [-0.1, -0.05) is 6.92 Å². The lowest BCUT2D eigenvalue weighted by molar-refractivity contribution is 0.592. The van der Waals surface area contributed by atoms with Crippen LogP contribution in [-0.4, -0.2) is 44.5 Å². The highest BCUT2D eigenvalue weighted by Gasteiger charge is 2.09. The number of rotatable bonds is 9. The Kier molecular flexibility index (Phi) is 6.74. The second-order valence-electron chi connectivity index (χ2n) is 4.19. The molecule has 1 heterocycles. The van der Waals surface area contributed by atoms with Gasteiger partial charge in [0.1, 0.15) is 0 Å². The van der Waals surface area contributed by atoms with Gasteiger partial charge in [-0.2, -0.15) is 0 Å². The standard InChI is InChI=1S/C12H23N3O2S2/c1-4-15(5-2)12-14-10-11(18-12)9-13-7-8-19(16,17)6-3/h10,13H,4-9H2,1-3H3. The number of hydrogen-bond donors (Lipinski definition) is 1. The van der Waals surface area contributed by atoms with E-state index < -0.39 is 9.84 Å². The van der Waals surface area contributed by atoms with Crippen molar-refractivity contribution in [2.75, 3.05) is 36.0 Å². The van der Waals surface area contributed by atoms with Crippen LogP contribution in [0.3, 0.4) is 0 Å². The van der Waals surface area contributed by atoms with Gasteiger partial charge in [-0.05, 0) is 13.8 Å². The SMILES string of the molecule is CCN(CC)c1ncc(CNCCS(=O)(=O)CC)s1. The van der Waals surface area contributed by atoms with Gasteiger partial charge in [-0.3, -0.25) is 0 Å². The van der Waals surface area contributed by atoms with Crippen molar-refractivity contribution in [1.82, 2.24) is 10.3 Å². The largest absolute Gasteiger partial charge is 0.349 e. The molecule has 1 aromatic heterocycles.